The van der Waals surface area contributed by atoms with Crippen molar-refractivity contribution in [3.8, 4) is 5.75 Å². The summed E-state index contributed by atoms with van der Waals surface area (Å²) in [5.74, 6) is 0.286. The molecule has 1 atom stereocenters. The van der Waals surface area contributed by atoms with Gasteiger partial charge in [0.15, 0.2) is 0 Å². The third-order valence-electron chi connectivity index (χ3n) is 4.51. The van der Waals surface area contributed by atoms with Crippen LogP contribution in [0.1, 0.15) is 17.2 Å². The fourth-order valence-electron chi connectivity index (χ4n) is 3.19. The number of carbonyl (C=O) groups is 1. The van der Waals surface area contributed by atoms with Crippen LogP contribution in [0.4, 0.5) is 5.69 Å². The molecule has 0 radical (unpaired) electrons. The quantitative estimate of drug-likeness (QED) is 0.799. The number of rotatable bonds is 5. The molecule has 1 heterocycles. The summed E-state index contributed by atoms with van der Waals surface area (Å²) in [7, 11) is 1.53. The number of morpholine rings is 1. The zero-order valence-electron chi connectivity index (χ0n) is 15.3. The number of aryl methyl sites for hydroxylation is 1. The van der Waals surface area contributed by atoms with E-state index in [1.165, 1.54) is 7.11 Å². The first kappa shape index (κ1) is 20.0. The Morgan fingerprint density at radius 3 is 2.48 bits per heavy atom. The van der Waals surface area contributed by atoms with E-state index in [0.717, 1.165) is 11.3 Å². The third-order valence-corrected chi connectivity index (χ3v) is 5.01. The molecule has 27 heavy (non-hydrogen) atoms. The minimum atomic E-state index is -0.596. The molecule has 1 aliphatic rings. The average Bonchev–Trinajstić information content (AvgIpc) is 2.64. The molecule has 1 aliphatic heterocycles. The number of benzene rings is 2. The van der Waals surface area contributed by atoms with Crippen LogP contribution >= 0.6 is 23.2 Å². The van der Waals surface area contributed by atoms with E-state index < -0.39 is 6.04 Å². The minimum absolute atomic E-state index is 0.169. The van der Waals surface area contributed by atoms with E-state index in [-0.39, 0.29) is 5.91 Å². The van der Waals surface area contributed by atoms with Crippen molar-refractivity contribution in [2.24, 2.45) is 0 Å². The summed E-state index contributed by atoms with van der Waals surface area (Å²) in [6.45, 7) is 4.37. The fraction of sp³-hybridized carbons (Fsp3) is 0.350. The van der Waals surface area contributed by atoms with E-state index >= 15 is 0 Å². The highest BCUT2D eigenvalue weighted by Gasteiger charge is 2.32. The summed E-state index contributed by atoms with van der Waals surface area (Å²) in [5.41, 5.74) is 2.50. The van der Waals surface area contributed by atoms with Gasteiger partial charge in [-0.3, -0.25) is 9.69 Å². The maximum atomic E-state index is 13.3. The Kier molecular flexibility index (Phi) is 6.60. The monoisotopic (exact) mass is 408 g/mol. The van der Waals surface area contributed by atoms with E-state index in [1.807, 2.05) is 31.2 Å². The van der Waals surface area contributed by atoms with Crippen molar-refractivity contribution < 1.29 is 14.3 Å². The summed E-state index contributed by atoms with van der Waals surface area (Å²) in [6.07, 6.45) is 0. The number of ether oxygens (including phenoxy) is 2. The Morgan fingerprint density at radius 2 is 1.85 bits per heavy atom. The molecule has 0 aliphatic carbocycles. The van der Waals surface area contributed by atoms with E-state index in [0.29, 0.717) is 47.7 Å². The maximum Gasteiger partial charge on any atom is 0.246 e. The van der Waals surface area contributed by atoms with Crippen molar-refractivity contribution in [2.75, 3.05) is 38.7 Å². The zero-order valence-corrected chi connectivity index (χ0v) is 16.8. The standard InChI is InChI=1S/C20H22Cl2N2O3/c1-13-3-5-15(6-4-13)23-20(25)18(24-7-9-27-10-8-24)16-11-14(21)12-17(22)19(16)26-2/h3-6,11-12,18H,7-10H2,1-2H3,(H,23,25)/t18-/m1/s1. The van der Waals surface area contributed by atoms with Crippen LogP contribution in [-0.2, 0) is 9.53 Å². The highest BCUT2D eigenvalue weighted by atomic mass is 35.5. The van der Waals surface area contributed by atoms with Crippen molar-refractivity contribution in [1.29, 1.82) is 0 Å². The van der Waals surface area contributed by atoms with E-state index in [1.54, 1.807) is 12.1 Å². The van der Waals surface area contributed by atoms with Crippen LogP contribution < -0.4 is 10.1 Å². The van der Waals surface area contributed by atoms with Crippen LogP contribution in [-0.4, -0.2) is 44.2 Å². The number of anilines is 1. The summed E-state index contributed by atoms with van der Waals surface area (Å²) < 4.78 is 10.9. The lowest BCUT2D eigenvalue weighted by Gasteiger charge is -2.34. The topological polar surface area (TPSA) is 50.8 Å². The normalized spacial score (nSPS) is 16.0. The van der Waals surface area contributed by atoms with Crippen LogP contribution in [0.3, 0.4) is 0 Å². The van der Waals surface area contributed by atoms with Crippen LogP contribution in [0.5, 0.6) is 5.75 Å². The second-order valence-electron chi connectivity index (χ2n) is 6.42. The molecular weight excluding hydrogens is 387 g/mol. The summed E-state index contributed by atoms with van der Waals surface area (Å²) in [4.78, 5) is 15.3. The van der Waals surface area contributed by atoms with Gasteiger partial charge in [-0.1, -0.05) is 40.9 Å². The number of hydrogen-bond acceptors (Lipinski definition) is 4. The number of methoxy groups -OCH3 is 1. The number of amides is 1. The molecule has 2 aromatic carbocycles. The van der Waals surface area contributed by atoms with E-state index in [4.69, 9.17) is 32.7 Å². The lowest BCUT2D eigenvalue weighted by molar-refractivity contribution is -0.123. The number of hydrogen-bond donors (Lipinski definition) is 1. The van der Waals surface area contributed by atoms with Gasteiger partial charge in [0.05, 0.1) is 25.3 Å². The highest BCUT2D eigenvalue weighted by molar-refractivity contribution is 6.35. The Labute approximate surface area is 169 Å². The Balaban J connectivity index is 1.98. The average molecular weight is 409 g/mol. The molecule has 3 rings (SSSR count). The van der Waals surface area contributed by atoms with Crippen LogP contribution in [0.25, 0.3) is 0 Å². The fourth-order valence-corrected chi connectivity index (χ4v) is 3.77. The van der Waals surface area contributed by atoms with Gasteiger partial charge in [-0.05, 0) is 31.2 Å². The first-order chi connectivity index (χ1) is 13.0. The van der Waals surface area contributed by atoms with Crippen molar-refractivity contribution in [2.45, 2.75) is 13.0 Å². The molecule has 7 heteroatoms. The molecule has 0 unspecified atom stereocenters. The molecular formula is C20H22Cl2N2O3. The van der Waals surface area contributed by atoms with Crippen molar-refractivity contribution >= 4 is 34.8 Å². The minimum Gasteiger partial charge on any atom is -0.495 e. The van der Waals surface area contributed by atoms with Crippen LogP contribution in [0.15, 0.2) is 36.4 Å². The number of nitrogens with one attached hydrogen (secondary N) is 1. The van der Waals surface area contributed by atoms with Gasteiger partial charge >= 0.3 is 0 Å². The Hall–Kier alpha value is -1.79. The Bertz CT molecular complexity index is 806. The van der Waals surface area contributed by atoms with Crippen molar-refractivity contribution in [1.82, 2.24) is 4.90 Å². The van der Waals surface area contributed by atoms with Gasteiger partial charge in [-0.2, -0.15) is 0 Å². The summed E-state index contributed by atoms with van der Waals surface area (Å²) in [5, 5.41) is 3.82. The molecule has 144 valence electrons. The highest BCUT2D eigenvalue weighted by Crippen LogP contribution is 2.38. The lowest BCUT2D eigenvalue weighted by atomic mass is 10.0. The zero-order chi connectivity index (χ0) is 19.4. The smallest absolute Gasteiger partial charge is 0.246 e. The largest absolute Gasteiger partial charge is 0.495 e. The second-order valence-corrected chi connectivity index (χ2v) is 7.26. The van der Waals surface area contributed by atoms with E-state index in [9.17, 15) is 4.79 Å². The SMILES string of the molecule is COc1c(Cl)cc(Cl)cc1[C@H](C(=O)Nc1ccc(C)cc1)N1CCOCC1. The van der Waals surface area contributed by atoms with Gasteiger partial charge in [-0.25, -0.2) is 0 Å². The van der Waals surface area contributed by atoms with Crippen LogP contribution in [0.2, 0.25) is 10.0 Å². The molecule has 1 amide bonds. The molecule has 0 spiro atoms. The second kappa shape index (κ2) is 8.93. The summed E-state index contributed by atoms with van der Waals surface area (Å²) >= 11 is 12.5. The molecule has 1 N–H and O–H groups in total. The first-order valence-electron chi connectivity index (χ1n) is 8.72. The summed E-state index contributed by atoms with van der Waals surface area (Å²) in [6, 6.07) is 10.4. The van der Waals surface area contributed by atoms with Gasteiger partial charge in [0, 0.05) is 29.4 Å². The van der Waals surface area contributed by atoms with Crippen LogP contribution in [0, 0.1) is 6.92 Å². The predicted octanol–water partition coefficient (Wildman–Crippen LogP) is 4.32. The molecule has 0 saturated carbocycles. The maximum absolute atomic E-state index is 13.3. The molecule has 0 aromatic heterocycles. The van der Waals surface area contributed by atoms with Gasteiger partial charge in [0.2, 0.25) is 5.91 Å². The molecule has 1 fully saturated rings. The predicted molar refractivity (Wildman–Crippen MR) is 108 cm³/mol. The van der Waals surface area contributed by atoms with Crippen molar-refractivity contribution in [3.05, 3.63) is 57.6 Å². The first-order valence-corrected chi connectivity index (χ1v) is 9.47. The lowest BCUT2D eigenvalue weighted by Crippen LogP contribution is -2.44. The Morgan fingerprint density at radius 1 is 1.19 bits per heavy atom. The molecule has 0 bridgehead atoms. The molecule has 1 saturated heterocycles. The van der Waals surface area contributed by atoms with Gasteiger partial charge < -0.3 is 14.8 Å². The molecule has 5 nitrogen and oxygen atoms in total. The number of nitrogens with zero attached hydrogens (tertiary/aromatic N) is 1. The molecule has 2 aromatic rings. The van der Waals surface area contributed by atoms with Gasteiger partial charge in [0.25, 0.3) is 0 Å². The van der Waals surface area contributed by atoms with Crippen molar-refractivity contribution in [3.63, 3.8) is 0 Å². The third kappa shape index (κ3) is 4.74. The van der Waals surface area contributed by atoms with Gasteiger partial charge in [0.1, 0.15) is 11.8 Å². The van der Waals surface area contributed by atoms with Gasteiger partial charge in [-0.15, -0.1) is 0 Å². The number of carbonyl (C=O) groups excluding carboxylic acids is 1. The van der Waals surface area contributed by atoms with E-state index in [2.05, 4.69) is 10.2 Å². The number of halogens is 2.